The number of aromatic nitrogens is 4. The fraction of sp³-hybridized carbons (Fsp3) is 0.250. The van der Waals surface area contributed by atoms with Gasteiger partial charge in [-0.2, -0.15) is 8.42 Å². The van der Waals surface area contributed by atoms with E-state index >= 15 is 0 Å². The molecule has 0 aliphatic heterocycles. The molecule has 0 atom stereocenters. The molecular weight excluding hydrogens is 372 g/mol. The first-order valence-electron chi connectivity index (χ1n) is 5.07. The Morgan fingerprint density at radius 3 is 2.85 bits per heavy atom. The molecule has 0 amide bonds. The van der Waals surface area contributed by atoms with Crippen molar-refractivity contribution in [3.8, 4) is 0 Å². The lowest BCUT2D eigenvalue weighted by Gasteiger charge is -2.04. The lowest BCUT2D eigenvalue weighted by atomic mass is 10.3. The van der Waals surface area contributed by atoms with Crippen LogP contribution in [0.4, 0.5) is 5.13 Å². The third-order valence-corrected chi connectivity index (χ3v) is 5.35. The molecule has 2 rings (SSSR count). The van der Waals surface area contributed by atoms with Gasteiger partial charge in [-0.25, -0.2) is 9.67 Å². The van der Waals surface area contributed by atoms with Crippen LogP contribution in [0.25, 0.3) is 0 Å². The fourth-order valence-electron chi connectivity index (χ4n) is 1.31. The Labute approximate surface area is 126 Å². The first-order chi connectivity index (χ1) is 9.35. The summed E-state index contributed by atoms with van der Waals surface area (Å²) < 4.78 is 27.9. The lowest BCUT2D eigenvalue weighted by Crippen LogP contribution is -2.17. The number of anilines is 1. The number of hydrogen-bond acceptors (Lipinski definition) is 8. The van der Waals surface area contributed by atoms with Crippen LogP contribution >= 0.6 is 27.3 Å². The van der Waals surface area contributed by atoms with Gasteiger partial charge in [-0.15, -0.1) is 16.4 Å². The Hall–Kier alpha value is -1.53. The SMILES string of the molecule is CC(=NO)c1csc(NS(=O)(=O)c2c(Br)nnn2C)n1. The molecule has 9 nitrogen and oxygen atoms in total. The van der Waals surface area contributed by atoms with Crippen molar-refractivity contribution in [3.63, 3.8) is 0 Å². The summed E-state index contributed by atoms with van der Waals surface area (Å²) in [6.45, 7) is 1.55. The highest BCUT2D eigenvalue weighted by Gasteiger charge is 2.25. The normalized spacial score (nSPS) is 12.7. The molecule has 0 bridgehead atoms. The summed E-state index contributed by atoms with van der Waals surface area (Å²) in [4.78, 5) is 4.01. The van der Waals surface area contributed by atoms with E-state index in [2.05, 4.69) is 41.1 Å². The van der Waals surface area contributed by atoms with Crippen LogP contribution in [0.1, 0.15) is 12.6 Å². The molecule has 2 aromatic rings. The minimum absolute atomic E-state index is 0.109. The summed E-state index contributed by atoms with van der Waals surface area (Å²) in [6, 6.07) is 0. The smallest absolute Gasteiger partial charge is 0.283 e. The van der Waals surface area contributed by atoms with E-state index in [0.29, 0.717) is 5.69 Å². The number of thiazole rings is 1. The zero-order chi connectivity index (χ0) is 14.9. The summed E-state index contributed by atoms with van der Waals surface area (Å²) in [5.74, 6) is 0. The topological polar surface area (TPSA) is 122 Å². The molecule has 2 N–H and O–H groups in total. The predicted molar refractivity (Wildman–Crippen MR) is 75.6 cm³/mol. The Balaban J connectivity index is 2.32. The van der Waals surface area contributed by atoms with Gasteiger partial charge in [0.25, 0.3) is 10.0 Å². The van der Waals surface area contributed by atoms with Gasteiger partial charge in [0.2, 0.25) is 5.03 Å². The third kappa shape index (κ3) is 2.81. The van der Waals surface area contributed by atoms with Gasteiger partial charge in [-0.3, -0.25) is 4.72 Å². The minimum Gasteiger partial charge on any atom is -0.411 e. The largest absolute Gasteiger partial charge is 0.411 e. The van der Waals surface area contributed by atoms with E-state index in [1.54, 1.807) is 12.3 Å². The van der Waals surface area contributed by atoms with Crippen LogP contribution < -0.4 is 4.72 Å². The van der Waals surface area contributed by atoms with Crippen molar-refractivity contribution in [1.29, 1.82) is 0 Å². The highest BCUT2D eigenvalue weighted by molar-refractivity contribution is 9.10. The first kappa shape index (κ1) is 14.9. The van der Waals surface area contributed by atoms with E-state index in [1.165, 1.54) is 7.05 Å². The van der Waals surface area contributed by atoms with Crippen LogP contribution in [0.2, 0.25) is 0 Å². The summed E-state index contributed by atoms with van der Waals surface area (Å²) in [5.41, 5.74) is 0.674. The Bertz CT molecular complexity index is 746. The van der Waals surface area contributed by atoms with Gasteiger partial charge < -0.3 is 5.21 Å². The molecule has 0 unspecified atom stereocenters. The Morgan fingerprint density at radius 1 is 1.60 bits per heavy atom. The molecule has 0 spiro atoms. The molecule has 108 valence electrons. The van der Waals surface area contributed by atoms with E-state index in [4.69, 9.17) is 5.21 Å². The van der Waals surface area contributed by atoms with Gasteiger partial charge in [0.05, 0.1) is 0 Å². The summed E-state index contributed by atoms with van der Waals surface area (Å²) in [7, 11) is -2.40. The van der Waals surface area contributed by atoms with Crippen molar-refractivity contribution in [1.82, 2.24) is 20.0 Å². The molecule has 0 saturated heterocycles. The zero-order valence-corrected chi connectivity index (χ0v) is 13.5. The molecule has 0 aliphatic carbocycles. The number of rotatable bonds is 4. The van der Waals surface area contributed by atoms with Gasteiger partial charge in [0.1, 0.15) is 11.4 Å². The van der Waals surface area contributed by atoms with Crippen LogP contribution in [0.3, 0.4) is 0 Å². The third-order valence-electron chi connectivity index (χ3n) is 2.24. The maximum absolute atomic E-state index is 12.2. The van der Waals surface area contributed by atoms with Crippen LogP contribution in [0, 0.1) is 0 Å². The van der Waals surface area contributed by atoms with E-state index in [1.807, 2.05) is 0 Å². The van der Waals surface area contributed by atoms with Gasteiger partial charge >= 0.3 is 0 Å². The van der Waals surface area contributed by atoms with Crippen LogP contribution in [-0.2, 0) is 17.1 Å². The number of aryl methyl sites for hydroxylation is 1. The molecule has 0 radical (unpaired) electrons. The Morgan fingerprint density at radius 2 is 2.30 bits per heavy atom. The quantitative estimate of drug-likeness (QED) is 0.463. The van der Waals surface area contributed by atoms with Crippen molar-refractivity contribution in [3.05, 3.63) is 15.7 Å². The summed E-state index contributed by atoms with van der Waals surface area (Å²) in [5, 5.41) is 20.5. The number of halogens is 1. The number of nitrogens with one attached hydrogen (secondary N) is 1. The maximum Gasteiger partial charge on any atom is 0.283 e. The van der Waals surface area contributed by atoms with Crippen molar-refractivity contribution >= 4 is 48.1 Å². The van der Waals surface area contributed by atoms with Gasteiger partial charge in [0, 0.05) is 12.4 Å². The molecule has 12 heteroatoms. The number of sulfonamides is 1. The monoisotopic (exact) mass is 380 g/mol. The average molecular weight is 381 g/mol. The number of nitrogens with zero attached hydrogens (tertiary/aromatic N) is 5. The molecule has 0 aromatic carbocycles. The van der Waals surface area contributed by atoms with Gasteiger partial charge in [-0.05, 0) is 22.9 Å². The molecule has 0 aliphatic rings. The Kier molecular flexibility index (Phi) is 4.06. The van der Waals surface area contributed by atoms with E-state index in [9.17, 15) is 8.42 Å². The average Bonchev–Trinajstić information content (AvgIpc) is 2.95. The minimum atomic E-state index is -3.86. The van der Waals surface area contributed by atoms with Crippen LogP contribution in [0.5, 0.6) is 0 Å². The molecule has 2 aromatic heterocycles. The molecule has 2 heterocycles. The molecule has 20 heavy (non-hydrogen) atoms. The number of oxime groups is 1. The van der Waals surface area contributed by atoms with Crippen molar-refractivity contribution in [2.24, 2.45) is 12.2 Å². The second-order valence-electron chi connectivity index (χ2n) is 3.64. The summed E-state index contributed by atoms with van der Waals surface area (Å²) in [6.07, 6.45) is 0. The standard InChI is InChI=1S/C8H9BrN6O3S2/c1-4(12-16)5-3-19-8(10-5)13-20(17,18)7-6(9)11-14-15(7)2/h3,16H,1-2H3,(H,10,13). The van der Waals surface area contributed by atoms with Crippen LogP contribution in [-0.4, -0.2) is 39.3 Å². The predicted octanol–water partition coefficient (Wildman–Crippen LogP) is 1.03. The number of hydrogen-bond donors (Lipinski definition) is 2. The second kappa shape index (κ2) is 5.46. The van der Waals surface area contributed by atoms with Crippen LogP contribution in [0.15, 0.2) is 20.2 Å². The zero-order valence-electron chi connectivity index (χ0n) is 10.3. The van der Waals surface area contributed by atoms with Crippen molar-refractivity contribution < 1.29 is 13.6 Å². The van der Waals surface area contributed by atoms with Crippen molar-refractivity contribution in [2.75, 3.05) is 4.72 Å². The van der Waals surface area contributed by atoms with Gasteiger partial charge in [-0.1, -0.05) is 10.4 Å². The lowest BCUT2D eigenvalue weighted by molar-refractivity contribution is 0.319. The van der Waals surface area contributed by atoms with Crippen molar-refractivity contribution in [2.45, 2.75) is 11.9 Å². The van der Waals surface area contributed by atoms with E-state index in [0.717, 1.165) is 16.0 Å². The highest BCUT2D eigenvalue weighted by Crippen LogP contribution is 2.23. The van der Waals surface area contributed by atoms with E-state index in [-0.39, 0.29) is 20.5 Å². The molecule has 0 saturated carbocycles. The molecular formula is C8H9BrN6O3S2. The fourth-order valence-corrected chi connectivity index (χ4v) is 4.41. The highest BCUT2D eigenvalue weighted by atomic mass is 79.9. The molecule has 0 fully saturated rings. The van der Waals surface area contributed by atoms with E-state index < -0.39 is 10.0 Å². The van der Waals surface area contributed by atoms with Gasteiger partial charge in [0.15, 0.2) is 9.73 Å². The second-order valence-corrected chi connectivity index (χ2v) is 6.84. The first-order valence-corrected chi connectivity index (χ1v) is 8.23. The summed E-state index contributed by atoms with van der Waals surface area (Å²) >= 11 is 4.09. The maximum atomic E-state index is 12.2.